The van der Waals surface area contributed by atoms with Crippen molar-refractivity contribution in [3.05, 3.63) is 358 Å². The normalized spacial score (nSPS) is 10.5. The molecule has 0 aliphatic rings. The first-order valence-electron chi connectivity index (χ1n) is 40.7. The molecule has 12 aromatic carbocycles. The van der Waals surface area contributed by atoms with E-state index < -0.39 is 0 Å². The Labute approximate surface area is 721 Å². The highest BCUT2D eigenvalue weighted by molar-refractivity contribution is 5.69. The maximum Gasteiger partial charge on any atom is 0.233 e. The molecule has 12 N–H and O–H groups in total. The molecule has 4 aromatic heterocycles. The average Bonchev–Trinajstić information content (AvgIpc) is 0.842. The van der Waals surface area contributed by atoms with E-state index in [0.717, 1.165) is 114 Å². The SMILES string of the molecule is CCCCc1ccc(Nc2nc(Nc3cccc(C)c3)nc(Nc3cccc(C)c3)n2)cc1.CCc1ccc(Nc2nc(Nc3cccc(C)c3)nc(Nc3cccc(C)c3)n2)cc1.Cc1cccc(Nc2nc(Nc3ccc(F)cc3)nc(Nc3cccc(C)c3)n2)c1.Cc1cccc(Nc2nc(Nc3cccc(C)c3)nc(Nc3ccccc3F)n2)c1. The number of nitrogens with one attached hydrogen (secondary N) is 12. The summed E-state index contributed by atoms with van der Waals surface area (Å²) in [6.07, 6.45) is 4.49. The van der Waals surface area contributed by atoms with Crippen molar-refractivity contribution in [2.24, 2.45) is 0 Å². The average molecular weight is 1650 g/mol. The Kier molecular flexibility index (Phi) is 29.6. The zero-order chi connectivity index (χ0) is 86.5. The third-order valence-corrected chi connectivity index (χ3v) is 18.6. The van der Waals surface area contributed by atoms with Crippen molar-refractivity contribution in [3.8, 4) is 0 Å². The molecule has 4 heterocycles. The number of hydrogen-bond donors (Lipinski definition) is 12. The topological polar surface area (TPSA) is 299 Å². The zero-order valence-corrected chi connectivity index (χ0v) is 70.7. The fourth-order valence-electron chi connectivity index (χ4n) is 12.6. The Morgan fingerprint density at radius 2 is 0.419 bits per heavy atom. The summed E-state index contributed by atoms with van der Waals surface area (Å²) in [4.78, 5) is 54.2. The van der Waals surface area contributed by atoms with Gasteiger partial charge in [0.05, 0.1) is 5.69 Å². The van der Waals surface area contributed by atoms with Crippen LogP contribution in [-0.4, -0.2) is 59.8 Å². The molecule has 0 spiro atoms. The van der Waals surface area contributed by atoms with Crippen molar-refractivity contribution in [1.29, 1.82) is 0 Å². The standard InChI is InChI=1S/C27H30N6.C25H26N6.2C23H21FN6/c1-4-5-10-21-13-15-22(16-14-21)28-25-31-26(29-23-11-6-8-19(2)17-23)33-27(32-25)30-24-12-7-9-20(3)18-24;1-4-19-11-13-20(14-12-19)26-23-29-24(27-21-9-5-7-17(2)15-21)31-25(30-23)28-22-10-6-8-18(3)16-22;1-15-5-3-7-19(13-15)26-22-28-21(25-18-11-9-17(24)10-12-18)29-23(30-22)27-20-8-4-6-16(2)14-20;1-15-7-5-9-17(13-15)25-21-28-22(26-18-10-6-8-16(2)14-18)30-23(29-21)27-20-12-4-3-11-19(20)24/h6-9,11-18H,4-5,10H2,1-3H3,(H3,28,29,30,31,32,33);5-16H,4H2,1-3H3,(H3,26,27,28,29,30,31);2*3-14H,1-2H3,(H3,25,26,27,28,29,30). The van der Waals surface area contributed by atoms with Gasteiger partial charge in [0.2, 0.25) is 71.4 Å². The number of anilines is 24. The Morgan fingerprint density at radius 3 is 0.637 bits per heavy atom. The summed E-state index contributed by atoms with van der Waals surface area (Å²) >= 11 is 0. The number of aromatic nitrogens is 12. The second-order valence-electron chi connectivity index (χ2n) is 29.5. The van der Waals surface area contributed by atoms with E-state index in [-0.39, 0.29) is 23.3 Å². The van der Waals surface area contributed by atoms with E-state index >= 15 is 0 Å². The molecule has 16 rings (SSSR count). The van der Waals surface area contributed by atoms with Gasteiger partial charge < -0.3 is 63.8 Å². The molecule has 0 amide bonds. The number of benzene rings is 12. The molecule has 24 nitrogen and oxygen atoms in total. The Balaban J connectivity index is 0.000000142. The van der Waals surface area contributed by atoms with Crippen molar-refractivity contribution in [2.45, 2.75) is 94.9 Å². The molecular formula is C98H98F2N24. The quantitative estimate of drug-likeness (QED) is 0.0217. The minimum Gasteiger partial charge on any atom is -0.324 e. The molecule has 0 unspecified atom stereocenters. The zero-order valence-electron chi connectivity index (χ0n) is 70.7. The summed E-state index contributed by atoms with van der Waals surface area (Å²) in [5.41, 5.74) is 21.7. The summed E-state index contributed by atoms with van der Waals surface area (Å²) < 4.78 is 27.3. The fourth-order valence-corrected chi connectivity index (χ4v) is 12.6. The molecule has 0 bridgehead atoms. The van der Waals surface area contributed by atoms with Gasteiger partial charge in [0.15, 0.2) is 0 Å². The molecule has 0 aliphatic carbocycles. The summed E-state index contributed by atoms with van der Waals surface area (Å²) in [6.45, 7) is 20.6. The molecule has 124 heavy (non-hydrogen) atoms. The van der Waals surface area contributed by atoms with Crippen LogP contribution < -0.4 is 63.8 Å². The second-order valence-corrected chi connectivity index (χ2v) is 29.5. The van der Waals surface area contributed by atoms with E-state index in [1.54, 1.807) is 30.3 Å². The Bertz CT molecular complexity index is 5960. The van der Waals surface area contributed by atoms with E-state index in [2.05, 4.69) is 238 Å². The fraction of sp³-hybridized carbons (Fsp3) is 0.143. The molecule has 624 valence electrons. The van der Waals surface area contributed by atoms with E-state index in [4.69, 9.17) is 0 Å². The van der Waals surface area contributed by atoms with Crippen LogP contribution in [0.4, 0.5) is 148 Å². The lowest BCUT2D eigenvalue weighted by Crippen LogP contribution is -2.08. The van der Waals surface area contributed by atoms with E-state index in [1.807, 2.05) is 198 Å². The first kappa shape index (κ1) is 86.0. The monoisotopic (exact) mass is 1650 g/mol. The van der Waals surface area contributed by atoms with Crippen LogP contribution in [0.1, 0.15) is 82.3 Å². The largest absolute Gasteiger partial charge is 0.324 e. The molecule has 0 fully saturated rings. The molecule has 16 aromatic rings. The number of nitrogens with zero attached hydrogens (tertiary/aromatic N) is 12. The smallest absolute Gasteiger partial charge is 0.233 e. The van der Waals surface area contributed by atoms with Gasteiger partial charge >= 0.3 is 0 Å². The minimum atomic E-state index is -0.390. The van der Waals surface area contributed by atoms with E-state index in [9.17, 15) is 8.78 Å². The molecule has 26 heteroatoms. The maximum atomic E-state index is 14.1. The van der Waals surface area contributed by atoms with Crippen molar-refractivity contribution in [1.82, 2.24) is 59.8 Å². The molecule has 0 radical (unpaired) electrons. The van der Waals surface area contributed by atoms with Crippen molar-refractivity contribution >= 4 is 140 Å². The van der Waals surface area contributed by atoms with Crippen LogP contribution in [0.3, 0.4) is 0 Å². The second kappa shape index (κ2) is 42.7. The first-order valence-corrected chi connectivity index (χ1v) is 40.7. The molecule has 0 saturated heterocycles. The first-order chi connectivity index (χ1) is 60.2. The van der Waals surface area contributed by atoms with Crippen molar-refractivity contribution in [2.75, 3.05) is 63.8 Å². The molecule has 0 aliphatic heterocycles. The highest BCUT2D eigenvalue weighted by atomic mass is 19.1. The van der Waals surface area contributed by atoms with Crippen LogP contribution >= 0.6 is 0 Å². The number of halogens is 2. The minimum absolute atomic E-state index is 0.223. The van der Waals surface area contributed by atoms with Gasteiger partial charge in [0.1, 0.15) is 11.6 Å². The van der Waals surface area contributed by atoms with Crippen LogP contribution in [0.2, 0.25) is 0 Å². The van der Waals surface area contributed by atoms with Crippen LogP contribution in [-0.2, 0) is 12.8 Å². The number of rotatable bonds is 28. The summed E-state index contributed by atoms with van der Waals surface area (Å²) in [7, 11) is 0. The van der Waals surface area contributed by atoms with Crippen LogP contribution in [0, 0.1) is 67.0 Å². The van der Waals surface area contributed by atoms with Crippen molar-refractivity contribution in [3.63, 3.8) is 0 Å². The lowest BCUT2D eigenvalue weighted by Gasteiger charge is -2.12. The molecule has 0 saturated carbocycles. The Morgan fingerprint density at radius 1 is 0.210 bits per heavy atom. The van der Waals surface area contributed by atoms with E-state index in [1.165, 1.54) is 42.2 Å². The van der Waals surface area contributed by atoms with Gasteiger partial charge in [0, 0.05) is 62.6 Å². The van der Waals surface area contributed by atoms with Crippen LogP contribution in [0.25, 0.3) is 0 Å². The van der Waals surface area contributed by atoms with Gasteiger partial charge in [0.25, 0.3) is 0 Å². The Hall–Kier alpha value is -15.9. The molecule has 0 atom stereocenters. The predicted octanol–water partition coefficient (Wildman–Crippen LogP) is 25.1. The predicted molar refractivity (Wildman–Crippen MR) is 502 cm³/mol. The van der Waals surface area contributed by atoms with Gasteiger partial charge in [-0.05, 0) is 288 Å². The third-order valence-electron chi connectivity index (χ3n) is 18.6. The molecular weight excluding hydrogens is 1550 g/mol. The summed E-state index contributed by atoms with van der Waals surface area (Å²) in [5.74, 6) is 4.09. The summed E-state index contributed by atoms with van der Waals surface area (Å²) in [6, 6.07) is 93.0. The van der Waals surface area contributed by atoms with Crippen LogP contribution in [0.5, 0.6) is 0 Å². The van der Waals surface area contributed by atoms with E-state index in [0.29, 0.717) is 71.1 Å². The highest BCUT2D eigenvalue weighted by Gasteiger charge is 2.16. The number of unbranched alkanes of at least 4 members (excludes halogenated alkanes) is 1. The lowest BCUT2D eigenvalue weighted by molar-refractivity contribution is 0.628. The van der Waals surface area contributed by atoms with Gasteiger partial charge in [-0.15, -0.1) is 0 Å². The number of hydrogen-bond acceptors (Lipinski definition) is 24. The van der Waals surface area contributed by atoms with Crippen molar-refractivity contribution < 1.29 is 8.78 Å². The van der Waals surface area contributed by atoms with Gasteiger partial charge in [-0.3, -0.25) is 0 Å². The van der Waals surface area contributed by atoms with Gasteiger partial charge in [-0.25, -0.2) is 8.78 Å². The maximum absolute atomic E-state index is 14.1. The third kappa shape index (κ3) is 27.3. The number of aryl methyl sites for hydroxylation is 10. The highest BCUT2D eigenvalue weighted by Crippen LogP contribution is 2.30. The number of para-hydroxylation sites is 1. The summed E-state index contributed by atoms with van der Waals surface area (Å²) in [5, 5.41) is 38.6. The van der Waals surface area contributed by atoms with Gasteiger partial charge in [-0.1, -0.05) is 154 Å². The lowest BCUT2D eigenvalue weighted by atomic mass is 10.1. The van der Waals surface area contributed by atoms with Crippen LogP contribution in [0.15, 0.2) is 291 Å². The van der Waals surface area contributed by atoms with Gasteiger partial charge in [-0.2, -0.15) is 59.8 Å².